The summed E-state index contributed by atoms with van der Waals surface area (Å²) in [6.45, 7) is 3.75. The molecule has 0 saturated heterocycles. The quantitative estimate of drug-likeness (QED) is 0.790. The summed E-state index contributed by atoms with van der Waals surface area (Å²) in [7, 11) is 2.71. The number of rotatable bonds is 5. The zero-order chi connectivity index (χ0) is 14.6. The van der Waals surface area contributed by atoms with Crippen molar-refractivity contribution in [2.45, 2.75) is 20.0 Å². The van der Waals surface area contributed by atoms with Crippen molar-refractivity contribution in [3.05, 3.63) is 16.0 Å². The Bertz CT molecular complexity index is 480. The summed E-state index contributed by atoms with van der Waals surface area (Å²) < 4.78 is 9.67. The molecule has 19 heavy (non-hydrogen) atoms. The van der Waals surface area contributed by atoms with Gasteiger partial charge in [-0.25, -0.2) is 4.79 Å². The SMILES string of the molecule is COC(=O)c1c(NC(=O)C(CN)OC)sc(C)c1C. The number of methoxy groups -OCH3 is 2. The number of nitrogens with one attached hydrogen (secondary N) is 1. The highest BCUT2D eigenvalue weighted by Crippen LogP contribution is 2.33. The van der Waals surface area contributed by atoms with Crippen LogP contribution in [0.25, 0.3) is 0 Å². The zero-order valence-corrected chi connectivity index (χ0v) is 12.2. The second-order valence-corrected chi connectivity index (χ2v) is 5.15. The number of ether oxygens (including phenoxy) is 2. The second kappa shape index (κ2) is 6.65. The Kier molecular flexibility index (Phi) is 5.46. The maximum Gasteiger partial charge on any atom is 0.341 e. The van der Waals surface area contributed by atoms with Crippen LogP contribution >= 0.6 is 11.3 Å². The minimum absolute atomic E-state index is 0.0687. The highest BCUT2D eigenvalue weighted by molar-refractivity contribution is 7.16. The van der Waals surface area contributed by atoms with Gasteiger partial charge in [-0.1, -0.05) is 0 Å². The summed E-state index contributed by atoms with van der Waals surface area (Å²) in [5.74, 6) is -0.852. The third kappa shape index (κ3) is 3.31. The monoisotopic (exact) mass is 286 g/mol. The van der Waals surface area contributed by atoms with E-state index in [1.807, 2.05) is 13.8 Å². The van der Waals surface area contributed by atoms with Crippen LogP contribution in [0.5, 0.6) is 0 Å². The van der Waals surface area contributed by atoms with E-state index in [0.717, 1.165) is 10.4 Å². The van der Waals surface area contributed by atoms with Crippen molar-refractivity contribution < 1.29 is 19.1 Å². The van der Waals surface area contributed by atoms with E-state index in [1.54, 1.807) is 0 Å². The number of amides is 1. The summed E-state index contributed by atoms with van der Waals surface area (Å²) in [5.41, 5.74) is 6.60. The first-order valence-electron chi connectivity index (χ1n) is 5.68. The molecule has 1 amide bonds. The minimum Gasteiger partial charge on any atom is -0.465 e. The Morgan fingerprint density at radius 2 is 2.00 bits per heavy atom. The molecule has 0 aliphatic rings. The summed E-state index contributed by atoms with van der Waals surface area (Å²) in [6.07, 6.45) is -0.742. The number of nitrogens with two attached hydrogens (primary N) is 1. The Labute approximate surface area is 115 Å². The van der Waals surface area contributed by atoms with Gasteiger partial charge < -0.3 is 20.5 Å². The van der Waals surface area contributed by atoms with Crippen LogP contribution < -0.4 is 11.1 Å². The number of thiophene rings is 1. The van der Waals surface area contributed by atoms with Gasteiger partial charge in [-0.3, -0.25) is 4.79 Å². The van der Waals surface area contributed by atoms with Crippen LogP contribution in [0.4, 0.5) is 5.00 Å². The molecule has 6 nitrogen and oxygen atoms in total. The van der Waals surface area contributed by atoms with Crippen molar-refractivity contribution in [3.8, 4) is 0 Å². The molecule has 0 saturated carbocycles. The fraction of sp³-hybridized carbons (Fsp3) is 0.500. The molecular weight excluding hydrogens is 268 g/mol. The van der Waals surface area contributed by atoms with E-state index in [9.17, 15) is 9.59 Å². The summed E-state index contributed by atoms with van der Waals surface area (Å²) in [6, 6.07) is 0. The molecule has 7 heteroatoms. The van der Waals surface area contributed by atoms with Crippen molar-refractivity contribution in [2.24, 2.45) is 5.73 Å². The molecule has 1 rings (SSSR count). The average Bonchev–Trinajstić information content (AvgIpc) is 2.65. The highest BCUT2D eigenvalue weighted by atomic mass is 32.1. The molecule has 0 fully saturated rings. The fourth-order valence-electron chi connectivity index (χ4n) is 1.57. The van der Waals surface area contributed by atoms with Crippen molar-refractivity contribution in [1.82, 2.24) is 0 Å². The Morgan fingerprint density at radius 3 is 2.47 bits per heavy atom. The van der Waals surface area contributed by atoms with E-state index in [2.05, 4.69) is 5.32 Å². The van der Waals surface area contributed by atoms with Gasteiger partial charge in [0, 0.05) is 18.5 Å². The van der Waals surface area contributed by atoms with E-state index in [4.69, 9.17) is 15.2 Å². The molecule has 1 atom stereocenters. The number of aryl methyl sites for hydroxylation is 1. The number of anilines is 1. The first-order chi connectivity index (χ1) is 8.96. The number of carbonyl (C=O) groups is 2. The van der Waals surface area contributed by atoms with Crippen LogP contribution in [0.2, 0.25) is 0 Å². The third-order valence-corrected chi connectivity index (χ3v) is 3.93. The first-order valence-corrected chi connectivity index (χ1v) is 6.49. The van der Waals surface area contributed by atoms with Gasteiger partial charge in [-0.2, -0.15) is 0 Å². The van der Waals surface area contributed by atoms with Gasteiger partial charge >= 0.3 is 5.97 Å². The van der Waals surface area contributed by atoms with Crippen LogP contribution in [0, 0.1) is 13.8 Å². The molecule has 1 unspecified atom stereocenters. The molecule has 1 aromatic heterocycles. The van der Waals surface area contributed by atoms with E-state index >= 15 is 0 Å². The van der Waals surface area contributed by atoms with Crippen LogP contribution in [0.15, 0.2) is 0 Å². The summed E-state index contributed by atoms with van der Waals surface area (Å²) >= 11 is 1.32. The Balaban J connectivity index is 3.04. The van der Waals surface area contributed by atoms with Crippen LogP contribution in [0.1, 0.15) is 20.8 Å². The molecule has 0 aromatic carbocycles. The van der Waals surface area contributed by atoms with E-state index in [1.165, 1.54) is 25.6 Å². The molecule has 0 spiro atoms. The lowest BCUT2D eigenvalue weighted by molar-refractivity contribution is -0.125. The molecule has 1 heterocycles. The van der Waals surface area contributed by atoms with Gasteiger partial charge in [-0.15, -0.1) is 11.3 Å². The highest BCUT2D eigenvalue weighted by Gasteiger charge is 2.24. The Morgan fingerprint density at radius 1 is 1.37 bits per heavy atom. The van der Waals surface area contributed by atoms with Gasteiger partial charge in [0.15, 0.2) is 0 Å². The fourth-order valence-corrected chi connectivity index (χ4v) is 2.62. The Hall–Kier alpha value is -1.44. The molecule has 0 bridgehead atoms. The van der Waals surface area contributed by atoms with Crippen LogP contribution in [0.3, 0.4) is 0 Å². The standard InChI is InChI=1S/C12H18N2O4S/c1-6-7(2)19-11(9(6)12(16)18-4)14-10(15)8(5-13)17-3/h8H,5,13H2,1-4H3,(H,14,15). The van der Waals surface area contributed by atoms with Crippen LogP contribution in [-0.2, 0) is 14.3 Å². The molecule has 1 aromatic rings. The molecule has 3 N–H and O–H groups in total. The van der Waals surface area contributed by atoms with Gasteiger partial charge in [0.05, 0.1) is 12.7 Å². The minimum atomic E-state index is -0.742. The predicted molar refractivity (Wildman–Crippen MR) is 73.6 cm³/mol. The van der Waals surface area contributed by atoms with Gasteiger partial charge in [0.2, 0.25) is 0 Å². The van der Waals surface area contributed by atoms with E-state index < -0.39 is 12.1 Å². The van der Waals surface area contributed by atoms with Crippen molar-refractivity contribution >= 4 is 28.2 Å². The lowest BCUT2D eigenvalue weighted by Crippen LogP contribution is -2.36. The number of esters is 1. The lowest BCUT2D eigenvalue weighted by Gasteiger charge is -2.12. The number of hydrogen-bond acceptors (Lipinski definition) is 6. The maximum atomic E-state index is 11.9. The average molecular weight is 286 g/mol. The number of carbonyl (C=O) groups excluding carboxylic acids is 2. The van der Waals surface area contributed by atoms with Gasteiger partial charge in [0.1, 0.15) is 11.1 Å². The van der Waals surface area contributed by atoms with Gasteiger partial charge in [-0.05, 0) is 19.4 Å². The molecule has 0 radical (unpaired) electrons. The first kappa shape index (κ1) is 15.6. The molecule has 0 aliphatic carbocycles. The number of hydrogen-bond donors (Lipinski definition) is 2. The van der Waals surface area contributed by atoms with E-state index in [0.29, 0.717) is 10.6 Å². The van der Waals surface area contributed by atoms with Crippen LogP contribution in [-0.4, -0.2) is 38.7 Å². The van der Waals surface area contributed by atoms with E-state index in [-0.39, 0.29) is 12.5 Å². The molecular formula is C12H18N2O4S. The molecule has 0 aliphatic heterocycles. The maximum absolute atomic E-state index is 11.9. The normalized spacial score (nSPS) is 12.1. The zero-order valence-electron chi connectivity index (χ0n) is 11.4. The summed E-state index contributed by atoms with van der Waals surface area (Å²) in [4.78, 5) is 24.6. The topological polar surface area (TPSA) is 90.7 Å². The predicted octanol–water partition coefficient (Wildman–Crippen LogP) is 1.06. The summed E-state index contributed by atoms with van der Waals surface area (Å²) in [5, 5.41) is 3.12. The molecule has 106 valence electrons. The van der Waals surface area contributed by atoms with Gasteiger partial charge in [0.25, 0.3) is 5.91 Å². The third-order valence-electron chi connectivity index (χ3n) is 2.80. The van der Waals surface area contributed by atoms with Crippen molar-refractivity contribution in [1.29, 1.82) is 0 Å². The second-order valence-electron chi connectivity index (χ2n) is 3.93. The van der Waals surface area contributed by atoms with Crippen molar-refractivity contribution in [3.63, 3.8) is 0 Å². The van der Waals surface area contributed by atoms with Crippen molar-refractivity contribution in [2.75, 3.05) is 26.1 Å². The largest absolute Gasteiger partial charge is 0.465 e. The smallest absolute Gasteiger partial charge is 0.341 e. The lowest BCUT2D eigenvalue weighted by atomic mass is 10.1.